The molecule has 138 valence electrons. The average Bonchev–Trinajstić information content (AvgIpc) is 3.09. The third-order valence-electron chi connectivity index (χ3n) is 4.70. The van der Waals surface area contributed by atoms with E-state index in [2.05, 4.69) is 0 Å². The number of amides is 2. The van der Waals surface area contributed by atoms with E-state index in [1.807, 2.05) is 51.1 Å². The Labute approximate surface area is 149 Å². The number of hydrogen-bond donors (Lipinski definition) is 1. The fraction of sp³-hybridized carbons (Fsp3) is 0.579. The number of rotatable bonds is 6. The van der Waals surface area contributed by atoms with Crippen molar-refractivity contribution in [2.75, 3.05) is 19.6 Å². The highest BCUT2D eigenvalue weighted by Crippen LogP contribution is 2.19. The Kier molecular flexibility index (Phi) is 6.82. The Morgan fingerprint density at radius 1 is 1.32 bits per heavy atom. The Morgan fingerprint density at radius 2 is 2.00 bits per heavy atom. The van der Waals surface area contributed by atoms with Gasteiger partial charge in [0.15, 0.2) is 0 Å². The van der Waals surface area contributed by atoms with E-state index < -0.39 is 6.04 Å². The Hall–Kier alpha value is -2.08. The van der Waals surface area contributed by atoms with Crippen LogP contribution in [0.15, 0.2) is 30.3 Å². The van der Waals surface area contributed by atoms with Crippen LogP contribution in [0, 0.1) is 5.92 Å². The van der Waals surface area contributed by atoms with Crippen LogP contribution in [0.3, 0.4) is 0 Å². The quantitative estimate of drug-likeness (QED) is 0.856. The number of ether oxygens (including phenoxy) is 1. The van der Waals surface area contributed by atoms with Crippen molar-refractivity contribution in [1.82, 2.24) is 9.80 Å². The number of nitrogens with two attached hydrogens (primary N) is 1. The number of benzene rings is 1. The predicted molar refractivity (Wildman–Crippen MR) is 96.8 cm³/mol. The second-order valence-corrected chi connectivity index (χ2v) is 6.82. The van der Waals surface area contributed by atoms with Gasteiger partial charge >= 0.3 is 6.09 Å². The van der Waals surface area contributed by atoms with E-state index in [9.17, 15) is 9.59 Å². The molecule has 1 aliphatic heterocycles. The summed E-state index contributed by atoms with van der Waals surface area (Å²) in [4.78, 5) is 28.3. The summed E-state index contributed by atoms with van der Waals surface area (Å²) in [5.74, 6) is 0.0656. The third kappa shape index (κ3) is 4.95. The number of likely N-dealkylation sites (N-methyl/N-ethyl adjacent to an activating group) is 1. The van der Waals surface area contributed by atoms with E-state index >= 15 is 0 Å². The van der Waals surface area contributed by atoms with Crippen LogP contribution in [0.1, 0.15) is 32.8 Å². The highest BCUT2D eigenvalue weighted by atomic mass is 16.6. The molecule has 1 saturated heterocycles. The minimum absolute atomic E-state index is 0.0171. The molecule has 2 N–H and O–H groups in total. The Balaban J connectivity index is 1.90. The fourth-order valence-electron chi connectivity index (χ4n) is 3.03. The normalized spacial score (nSPS) is 18.3. The van der Waals surface area contributed by atoms with E-state index in [0.717, 1.165) is 12.0 Å². The molecule has 6 heteroatoms. The summed E-state index contributed by atoms with van der Waals surface area (Å²) in [6, 6.07) is 9.10. The van der Waals surface area contributed by atoms with Gasteiger partial charge in [-0.2, -0.15) is 0 Å². The maximum absolute atomic E-state index is 12.4. The van der Waals surface area contributed by atoms with Crippen molar-refractivity contribution in [3.8, 4) is 0 Å². The van der Waals surface area contributed by atoms with Crippen LogP contribution in [0.5, 0.6) is 0 Å². The Bertz CT molecular complexity index is 577. The highest BCUT2D eigenvalue weighted by molar-refractivity contribution is 5.82. The first kappa shape index (κ1) is 19.2. The summed E-state index contributed by atoms with van der Waals surface area (Å²) < 4.78 is 5.43. The standard InChI is InChI=1S/C19H29N3O3/c1-4-22(19(24)25-13-15-8-6-5-7-9-15)16-10-11-21(12-16)18(23)17(20)14(2)3/h5-9,14,16-17H,4,10-13,20H2,1-3H3/t16-,17+/m1/s1. The van der Waals surface area contributed by atoms with Gasteiger partial charge in [0.2, 0.25) is 5.91 Å². The van der Waals surface area contributed by atoms with Gasteiger partial charge in [-0.3, -0.25) is 4.79 Å². The molecule has 0 aromatic heterocycles. The fourth-order valence-corrected chi connectivity index (χ4v) is 3.03. The SMILES string of the molecule is CCN(C(=O)OCc1ccccc1)[C@@H]1CCN(C(=O)[C@@H](N)C(C)C)C1. The van der Waals surface area contributed by atoms with Crippen molar-refractivity contribution in [1.29, 1.82) is 0 Å². The van der Waals surface area contributed by atoms with Crippen molar-refractivity contribution in [2.24, 2.45) is 11.7 Å². The lowest BCUT2D eigenvalue weighted by Crippen LogP contribution is -2.47. The summed E-state index contributed by atoms with van der Waals surface area (Å²) in [6.45, 7) is 7.76. The molecule has 0 bridgehead atoms. The number of carbonyl (C=O) groups excluding carboxylic acids is 2. The van der Waals surface area contributed by atoms with Gasteiger partial charge in [-0.1, -0.05) is 44.2 Å². The molecular formula is C19H29N3O3. The second kappa shape index (κ2) is 8.85. The zero-order valence-corrected chi connectivity index (χ0v) is 15.4. The van der Waals surface area contributed by atoms with Gasteiger partial charge in [0, 0.05) is 19.6 Å². The van der Waals surface area contributed by atoms with E-state index in [0.29, 0.717) is 19.6 Å². The first-order valence-electron chi connectivity index (χ1n) is 8.95. The maximum atomic E-state index is 12.4. The van der Waals surface area contributed by atoms with Crippen molar-refractivity contribution < 1.29 is 14.3 Å². The molecule has 2 rings (SSSR count). The largest absolute Gasteiger partial charge is 0.445 e. The molecule has 1 aliphatic rings. The summed E-state index contributed by atoms with van der Waals surface area (Å²) in [6.07, 6.45) is 0.420. The van der Waals surface area contributed by atoms with Crippen molar-refractivity contribution in [3.63, 3.8) is 0 Å². The summed E-state index contributed by atoms with van der Waals surface area (Å²) in [7, 11) is 0. The van der Waals surface area contributed by atoms with Crippen LogP contribution < -0.4 is 5.73 Å². The van der Waals surface area contributed by atoms with Gasteiger partial charge in [0.25, 0.3) is 0 Å². The van der Waals surface area contributed by atoms with Crippen LogP contribution in [0.4, 0.5) is 4.79 Å². The van der Waals surface area contributed by atoms with Gasteiger partial charge in [-0.25, -0.2) is 4.79 Å². The minimum atomic E-state index is -0.487. The lowest BCUT2D eigenvalue weighted by molar-refractivity contribution is -0.132. The molecule has 6 nitrogen and oxygen atoms in total. The predicted octanol–water partition coefficient (Wildman–Crippen LogP) is 2.23. The molecule has 1 heterocycles. The van der Waals surface area contributed by atoms with Crippen LogP contribution in [0.2, 0.25) is 0 Å². The summed E-state index contributed by atoms with van der Waals surface area (Å²) in [5, 5.41) is 0. The molecule has 0 aliphatic carbocycles. The van der Waals surface area contributed by atoms with Crippen LogP contribution in [-0.4, -0.2) is 53.5 Å². The first-order valence-corrected chi connectivity index (χ1v) is 8.95. The zero-order valence-electron chi connectivity index (χ0n) is 15.4. The van der Waals surface area contributed by atoms with Crippen LogP contribution in [-0.2, 0) is 16.1 Å². The maximum Gasteiger partial charge on any atom is 0.410 e. The molecule has 0 spiro atoms. The molecule has 1 aromatic carbocycles. The van der Waals surface area contributed by atoms with Crippen molar-refractivity contribution >= 4 is 12.0 Å². The lowest BCUT2D eigenvalue weighted by atomic mass is 10.0. The molecule has 0 saturated carbocycles. The van der Waals surface area contributed by atoms with Gasteiger partial charge in [0.1, 0.15) is 6.61 Å². The van der Waals surface area contributed by atoms with E-state index in [1.165, 1.54) is 0 Å². The smallest absolute Gasteiger partial charge is 0.410 e. The Morgan fingerprint density at radius 3 is 2.60 bits per heavy atom. The number of carbonyl (C=O) groups is 2. The summed E-state index contributed by atoms with van der Waals surface area (Å²) in [5.41, 5.74) is 6.93. The topological polar surface area (TPSA) is 75.9 Å². The molecule has 0 radical (unpaired) electrons. The highest BCUT2D eigenvalue weighted by Gasteiger charge is 2.35. The second-order valence-electron chi connectivity index (χ2n) is 6.82. The van der Waals surface area contributed by atoms with Crippen molar-refractivity contribution in [3.05, 3.63) is 35.9 Å². The molecular weight excluding hydrogens is 318 g/mol. The van der Waals surface area contributed by atoms with Gasteiger partial charge < -0.3 is 20.3 Å². The van der Waals surface area contributed by atoms with Crippen LogP contribution in [0.25, 0.3) is 0 Å². The van der Waals surface area contributed by atoms with E-state index in [1.54, 1.807) is 9.80 Å². The average molecular weight is 347 g/mol. The first-order chi connectivity index (χ1) is 11.9. The molecule has 25 heavy (non-hydrogen) atoms. The zero-order chi connectivity index (χ0) is 18.4. The lowest BCUT2D eigenvalue weighted by Gasteiger charge is -2.28. The van der Waals surface area contributed by atoms with E-state index in [4.69, 9.17) is 10.5 Å². The van der Waals surface area contributed by atoms with Crippen molar-refractivity contribution in [2.45, 2.75) is 45.9 Å². The molecule has 2 amide bonds. The summed E-state index contributed by atoms with van der Waals surface area (Å²) >= 11 is 0. The van der Waals surface area contributed by atoms with Crippen LogP contribution >= 0.6 is 0 Å². The number of likely N-dealkylation sites (tertiary alicyclic amines) is 1. The molecule has 1 aromatic rings. The minimum Gasteiger partial charge on any atom is -0.445 e. The monoisotopic (exact) mass is 347 g/mol. The third-order valence-corrected chi connectivity index (χ3v) is 4.70. The van der Waals surface area contributed by atoms with Gasteiger partial charge in [-0.15, -0.1) is 0 Å². The van der Waals surface area contributed by atoms with Gasteiger partial charge in [-0.05, 0) is 24.8 Å². The number of nitrogens with zero attached hydrogens (tertiary/aromatic N) is 2. The van der Waals surface area contributed by atoms with Gasteiger partial charge in [0.05, 0.1) is 12.1 Å². The number of hydrogen-bond acceptors (Lipinski definition) is 4. The van der Waals surface area contributed by atoms with E-state index in [-0.39, 0.29) is 30.6 Å². The molecule has 1 fully saturated rings. The molecule has 0 unspecified atom stereocenters. The molecule has 2 atom stereocenters.